The number of carbonyl (C=O) groups excluding carboxylic acids is 1. The molecule has 3 heterocycles. The number of H-pyrrole nitrogens is 1. The Morgan fingerprint density at radius 3 is 2.62 bits per heavy atom. The number of amides is 1. The van der Waals surface area contributed by atoms with Crippen LogP contribution in [-0.2, 0) is 27.3 Å². The summed E-state index contributed by atoms with van der Waals surface area (Å²) in [5.74, 6) is 0.666. The lowest BCUT2D eigenvalue weighted by Gasteiger charge is -2.26. The summed E-state index contributed by atoms with van der Waals surface area (Å²) >= 11 is 0. The van der Waals surface area contributed by atoms with Crippen molar-refractivity contribution in [3.05, 3.63) is 83.3 Å². The first-order valence-corrected chi connectivity index (χ1v) is 13.4. The minimum absolute atomic E-state index is 0.302. The molecule has 1 aromatic heterocycles. The monoisotopic (exact) mass is 500 g/mol. The summed E-state index contributed by atoms with van der Waals surface area (Å²) in [6.45, 7) is 3.87. The molecule has 0 saturated carbocycles. The first-order valence-electron chi connectivity index (χ1n) is 13.4. The van der Waals surface area contributed by atoms with Gasteiger partial charge >= 0.3 is 0 Å². The Kier molecular flexibility index (Phi) is 8.79. The van der Waals surface area contributed by atoms with Crippen molar-refractivity contribution in [3.63, 3.8) is 0 Å². The smallest absolute Gasteiger partial charge is 0.267 e. The van der Waals surface area contributed by atoms with Gasteiger partial charge in [0, 0.05) is 37.6 Å². The number of imidazole rings is 1. The highest BCUT2D eigenvalue weighted by molar-refractivity contribution is 5.90. The van der Waals surface area contributed by atoms with Gasteiger partial charge in [-0.1, -0.05) is 61.0 Å². The maximum Gasteiger partial charge on any atom is 0.267 e. The largest absolute Gasteiger partial charge is 0.350 e. The van der Waals surface area contributed by atoms with Gasteiger partial charge < -0.3 is 9.72 Å². The number of nitrogens with one attached hydrogen (secondary N) is 2. The van der Waals surface area contributed by atoms with Crippen molar-refractivity contribution in [2.45, 2.75) is 57.8 Å². The molecule has 2 N–H and O–H groups in total. The van der Waals surface area contributed by atoms with Crippen LogP contribution in [0.2, 0.25) is 0 Å². The van der Waals surface area contributed by atoms with Gasteiger partial charge in [0.25, 0.3) is 5.91 Å². The third-order valence-corrected chi connectivity index (χ3v) is 6.91. The minimum Gasteiger partial charge on any atom is -0.350 e. The van der Waals surface area contributed by atoms with Gasteiger partial charge in [0.1, 0.15) is 5.82 Å². The van der Waals surface area contributed by atoms with Crippen molar-refractivity contribution in [1.29, 1.82) is 0 Å². The molecular formula is C30H36N4O3. The second-order valence-corrected chi connectivity index (χ2v) is 9.85. The van der Waals surface area contributed by atoms with E-state index in [1.54, 1.807) is 6.08 Å². The number of hydrogen-bond donors (Lipinski definition) is 2. The third kappa shape index (κ3) is 7.38. The molecular weight excluding hydrogens is 464 g/mol. The summed E-state index contributed by atoms with van der Waals surface area (Å²) in [6.07, 6.45) is 10.4. The summed E-state index contributed by atoms with van der Waals surface area (Å²) in [7, 11) is 0. The van der Waals surface area contributed by atoms with Crippen LogP contribution in [0.15, 0.2) is 60.7 Å². The third-order valence-electron chi connectivity index (χ3n) is 6.91. The predicted octanol–water partition coefficient (Wildman–Crippen LogP) is 5.24. The number of rotatable bonds is 9. The van der Waals surface area contributed by atoms with E-state index in [9.17, 15) is 4.79 Å². The van der Waals surface area contributed by atoms with Crippen LogP contribution in [0.5, 0.6) is 0 Å². The number of carbonyl (C=O) groups is 1. The predicted molar refractivity (Wildman–Crippen MR) is 144 cm³/mol. The minimum atomic E-state index is -0.352. The highest BCUT2D eigenvalue weighted by Crippen LogP contribution is 2.25. The van der Waals surface area contributed by atoms with Crippen LogP contribution in [0.3, 0.4) is 0 Å². The van der Waals surface area contributed by atoms with Crippen LogP contribution >= 0.6 is 0 Å². The average molecular weight is 501 g/mol. The zero-order valence-corrected chi connectivity index (χ0v) is 21.3. The second kappa shape index (κ2) is 12.8. The fourth-order valence-corrected chi connectivity index (χ4v) is 4.91. The highest BCUT2D eigenvalue weighted by Gasteiger charge is 2.18. The van der Waals surface area contributed by atoms with E-state index < -0.39 is 0 Å². The van der Waals surface area contributed by atoms with Crippen LogP contribution in [-0.4, -0.2) is 46.8 Å². The number of hydrogen-bond acceptors (Lipinski definition) is 5. The van der Waals surface area contributed by atoms with Crippen LogP contribution in [0.25, 0.3) is 17.3 Å². The van der Waals surface area contributed by atoms with Gasteiger partial charge in [0.15, 0.2) is 6.29 Å². The fraction of sp³-hybridized carbons (Fsp3) is 0.400. The SMILES string of the molecule is O=C(/C=C/c1ccc(Cc2nc(-c3ccccc3)c(CN3CCCCC3)[nH]2)cc1)NOC1CCCCO1. The van der Waals surface area contributed by atoms with E-state index in [1.165, 1.54) is 31.0 Å². The Balaban J connectivity index is 1.21. The molecule has 1 amide bonds. The molecule has 1 atom stereocenters. The molecule has 37 heavy (non-hydrogen) atoms. The van der Waals surface area contributed by atoms with Gasteiger partial charge in [-0.2, -0.15) is 0 Å². The molecule has 194 valence electrons. The van der Waals surface area contributed by atoms with Crippen molar-refractivity contribution in [1.82, 2.24) is 20.3 Å². The molecule has 3 aromatic rings. The number of nitrogens with zero attached hydrogens (tertiary/aromatic N) is 2. The number of aromatic nitrogens is 2. The van der Waals surface area contributed by atoms with E-state index in [0.29, 0.717) is 6.61 Å². The number of ether oxygens (including phenoxy) is 1. The molecule has 1 unspecified atom stereocenters. The quantitative estimate of drug-likeness (QED) is 0.310. The van der Waals surface area contributed by atoms with Crippen molar-refractivity contribution < 1.29 is 14.4 Å². The molecule has 2 fully saturated rings. The number of aromatic amines is 1. The van der Waals surface area contributed by atoms with Gasteiger partial charge in [-0.05, 0) is 56.0 Å². The van der Waals surface area contributed by atoms with E-state index >= 15 is 0 Å². The number of likely N-dealkylation sites (tertiary alicyclic amines) is 1. The van der Waals surface area contributed by atoms with Gasteiger partial charge in [-0.25, -0.2) is 15.3 Å². The lowest BCUT2D eigenvalue weighted by molar-refractivity contribution is -0.198. The summed E-state index contributed by atoms with van der Waals surface area (Å²) in [4.78, 5) is 28.6. The van der Waals surface area contributed by atoms with E-state index in [-0.39, 0.29) is 12.2 Å². The van der Waals surface area contributed by atoms with Crippen LogP contribution in [0.1, 0.15) is 61.2 Å². The molecule has 0 spiro atoms. The normalized spacial score (nSPS) is 18.8. The van der Waals surface area contributed by atoms with Crippen molar-refractivity contribution in [3.8, 4) is 11.3 Å². The summed E-state index contributed by atoms with van der Waals surface area (Å²) < 4.78 is 5.45. The Morgan fingerprint density at radius 2 is 1.86 bits per heavy atom. The van der Waals surface area contributed by atoms with Crippen molar-refractivity contribution >= 4 is 12.0 Å². The lowest BCUT2D eigenvalue weighted by Crippen LogP contribution is -2.32. The van der Waals surface area contributed by atoms with Gasteiger partial charge in [-0.3, -0.25) is 9.69 Å². The van der Waals surface area contributed by atoms with Crippen molar-refractivity contribution in [2.24, 2.45) is 0 Å². The van der Waals surface area contributed by atoms with Crippen molar-refractivity contribution in [2.75, 3.05) is 19.7 Å². The van der Waals surface area contributed by atoms with Crippen LogP contribution < -0.4 is 5.48 Å². The Morgan fingerprint density at radius 1 is 1.05 bits per heavy atom. The molecule has 2 aliphatic rings. The van der Waals surface area contributed by atoms with Gasteiger partial charge in [-0.15, -0.1) is 0 Å². The Bertz CT molecular complexity index is 1160. The fourth-order valence-electron chi connectivity index (χ4n) is 4.91. The first-order chi connectivity index (χ1) is 18.2. The Labute approximate surface area is 218 Å². The maximum absolute atomic E-state index is 12.1. The van der Waals surface area contributed by atoms with E-state index in [0.717, 1.165) is 73.5 Å². The standard InChI is InChI=1S/C30H36N4O3/c35-28(33-37-29-11-5-8-20-36-29)17-16-23-12-14-24(15-13-23)21-27-31-26(22-34-18-6-2-7-19-34)30(32-27)25-9-3-1-4-10-25/h1,3-4,9-10,12-17,29H,2,5-8,11,18-22H2,(H,31,32)(H,33,35)/b17-16+. The molecule has 2 aromatic carbocycles. The summed E-state index contributed by atoms with van der Waals surface area (Å²) in [5.41, 5.74) is 7.95. The zero-order chi connectivity index (χ0) is 25.3. The topological polar surface area (TPSA) is 79.5 Å². The zero-order valence-electron chi connectivity index (χ0n) is 21.3. The molecule has 2 aliphatic heterocycles. The molecule has 5 rings (SSSR count). The molecule has 0 aliphatic carbocycles. The molecule has 7 nitrogen and oxygen atoms in total. The first kappa shape index (κ1) is 25.4. The van der Waals surface area contributed by atoms with Crippen LogP contribution in [0, 0.1) is 0 Å². The van der Waals surface area contributed by atoms with E-state index in [1.807, 2.05) is 18.2 Å². The van der Waals surface area contributed by atoms with Crippen LogP contribution in [0.4, 0.5) is 0 Å². The number of piperidine rings is 1. The molecule has 7 heteroatoms. The lowest BCUT2D eigenvalue weighted by atomic mass is 10.1. The Hall–Kier alpha value is -3.26. The van der Waals surface area contributed by atoms with E-state index in [4.69, 9.17) is 14.6 Å². The van der Waals surface area contributed by atoms with Gasteiger partial charge in [0.05, 0.1) is 11.4 Å². The summed E-state index contributed by atoms with van der Waals surface area (Å²) in [6, 6.07) is 18.6. The van der Waals surface area contributed by atoms with Gasteiger partial charge in [0.2, 0.25) is 0 Å². The average Bonchev–Trinajstić information content (AvgIpc) is 3.35. The molecule has 0 bridgehead atoms. The molecule has 0 radical (unpaired) electrons. The second-order valence-electron chi connectivity index (χ2n) is 9.85. The number of hydroxylamine groups is 1. The number of benzene rings is 2. The highest BCUT2D eigenvalue weighted by atomic mass is 16.8. The maximum atomic E-state index is 12.1. The summed E-state index contributed by atoms with van der Waals surface area (Å²) in [5, 5.41) is 0. The molecule has 2 saturated heterocycles. The van der Waals surface area contributed by atoms with E-state index in [2.05, 4.69) is 51.8 Å².